The maximum atomic E-state index is 11.6. The standard InChI is InChI=1S/C18H24N2O6/c1-3-24-18(22)16-10-17(20-19-16)26-12-15(8-9-21)25-11-13-4-6-14(23-2)7-5-13/h4-7,10,15,21H,3,8-9,11-12H2,1-2H3,(H,19,20). The number of aromatic nitrogens is 2. The van der Waals surface area contributed by atoms with Crippen LogP contribution in [0.4, 0.5) is 0 Å². The predicted molar refractivity (Wildman–Crippen MR) is 93.3 cm³/mol. The van der Waals surface area contributed by atoms with Crippen LogP contribution in [0.15, 0.2) is 30.3 Å². The van der Waals surface area contributed by atoms with Crippen LogP contribution in [0.25, 0.3) is 0 Å². The van der Waals surface area contributed by atoms with Gasteiger partial charge in [-0.3, -0.25) is 0 Å². The normalized spacial score (nSPS) is 11.8. The Hall–Kier alpha value is -2.58. The van der Waals surface area contributed by atoms with Crippen molar-refractivity contribution in [2.75, 3.05) is 26.9 Å². The second-order valence-electron chi connectivity index (χ2n) is 5.44. The van der Waals surface area contributed by atoms with Crippen LogP contribution in [-0.4, -0.2) is 54.3 Å². The lowest BCUT2D eigenvalue weighted by Crippen LogP contribution is -2.23. The summed E-state index contributed by atoms with van der Waals surface area (Å²) in [7, 11) is 1.61. The fourth-order valence-electron chi connectivity index (χ4n) is 2.16. The van der Waals surface area contributed by atoms with Crippen LogP contribution in [0.2, 0.25) is 0 Å². The Morgan fingerprint density at radius 2 is 2.08 bits per heavy atom. The van der Waals surface area contributed by atoms with Crippen molar-refractivity contribution in [1.82, 2.24) is 10.2 Å². The molecule has 1 heterocycles. The summed E-state index contributed by atoms with van der Waals surface area (Å²) in [5, 5.41) is 15.7. The summed E-state index contributed by atoms with van der Waals surface area (Å²) >= 11 is 0. The fourth-order valence-corrected chi connectivity index (χ4v) is 2.16. The molecular formula is C18H24N2O6. The third-order valence-corrected chi connectivity index (χ3v) is 3.56. The molecule has 0 spiro atoms. The number of rotatable bonds is 11. The topological polar surface area (TPSA) is 103 Å². The summed E-state index contributed by atoms with van der Waals surface area (Å²) in [6.45, 7) is 2.57. The molecule has 2 N–H and O–H groups in total. The van der Waals surface area contributed by atoms with Gasteiger partial charge in [0.1, 0.15) is 12.4 Å². The lowest BCUT2D eigenvalue weighted by Gasteiger charge is -2.17. The van der Waals surface area contributed by atoms with Gasteiger partial charge in [-0.25, -0.2) is 9.89 Å². The molecule has 0 aliphatic carbocycles. The van der Waals surface area contributed by atoms with E-state index in [-0.39, 0.29) is 31.6 Å². The van der Waals surface area contributed by atoms with Gasteiger partial charge in [-0.05, 0) is 24.6 Å². The van der Waals surface area contributed by atoms with E-state index in [9.17, 15) is 9.90 Å². The highest BCUT2D eigenvalue weighted by molar-refractivity contribution is 5.87. The Morgan fingerprint density at radius 3 is 2.73 bits per heavy atom. The average molecular weight is 364 g/mol. The molecular weight excluding hydrogens is 340 g/mol. The minimum Gasteiger partial charge on any atom is -0.497 e. The second-order valence-corrected chi connectivity index (χ2v) is 5.44. The Bertz CT molecular complexity index is 671. The van der Waals surface area contributed by atoms with Crippen molar-refractivity contribution in [2.45, 2.75) is 26.1 Å². The van der Waals surface area contributed by atoms with Gasteiger partial charge in [-0.2, -0.15) is 5.10 Å². The lowest BCUT2D eigenvalue weighted by molar-refractivity contribution is -0.00501. The Balaban J connectivity index is 1.84. The molecule has 0 fully saturated rings. The lowest BCUT2D eigenvalue weighted by atomic mass is 10.2. The van der Waals surface area contributed by atoms with Crippen molar-refractivity contribution in [3.05, 3.63) is 41.6 Å². The molecule has 8 heteroatoms. The second kappa shape index (κ2) is 10.4. The molecule has 0 aliphatic heterocycles. The summed E-state index contributed by atoms with van der Waals surface area (Å²) < 4.78 is 21.4. The van der Waals surface area contributed by atoms with Crippen molar-refractivity contribution in [2.24, 2.45) is 0 Å². The minimum atomic E-state index is -0.513. The molecule has 1 aromatic carbocycles. The summed E-state index contributed by atoms with van der Waals surface area (Å²) in [5.74, 6) is 0.603. The van der Waals surface area contributed by atoms with Crippen LogP contribution in [-0.2, 0) is 16.1 Å². The van der Waals surface area contributed by atoms with Crippen LogP contribution in [0.5, 0.6) is 11.6 Å². The number of esters is 1. The van der Waals surface area contributed by atoms with Gasteiger partial charge in [0.05, 0.1) is 26.4 Å². The van der Waals surface area contributed by atoms with Crippen molar-refractivity contribution in [3.63, 3.8) is 0 Å². The van der Waals surface area contributed by atoms with Crippen molar-refractivity contribution in [3.8, 4) is 11.6 Å². The van der Waals surface area contributed by atoms with Gasteiger partial charge in [-0.1, -0.05) is 12.1 Å². The highest BCUT2D eigenvalue weighted by Crippen LogP contribution is 2.14. The molecule has 0 bridgehead atoms. The number of nitrogens with one attached hydrogen (secondary N) is 1. The largest absolute Gasteiger partial charge is 0.497 e. The minimum absolute atomic E-state index is 0.0201. The van der Waals surface area contributed by atoms with E-state index in [1.54, 1.807) is 14.0 Å². The highest BCUT2D eigenvalue weighted by atomic mass is 16.5. The molecule has 0 radical (unpaired) electrons. The van der Waals surface area contributed by atoms with E-state index < -0.39 is 5.97 Å². The van der Waals surface area contributed by atoms with Gasteiger partial charge in [0.15, 0.2) is 5.69 Å². The molecule has 0 saturated heterocycles. The van der Waals surface area contributed by atoms with E-state index in [1.165, 1.54) is 6.07 Å². The molecule has 1 unspecified atom stereocenters. The van der Waals surface area contributed by atoms with Gasteiger partial charge in [0, 0.05) is 19.1 Å². The van der Waals surface area contributed by atoms with Crippen LogP contribution in [0.1, 0.15) is 29.4 Å². The highest BCUT2D eigenvalue weighted by Gasteiger charge is 2.14. The number of ether oxygens (including phenoxy) is 4. The maximum Gasteiger partial charge on any atom is 0.358 e. The fraction of sp³-hybridized carbons (Fsp3) is 0.444. The predicted octanol–water partition coefficient (Wildman–Crippen LogP) is 1.94. The quantitative estimate of drug-likeness (QED) is 0.587. The SMILES string of the molecule is CCOC(=O)c1cc(OCC(CCO)OCc2ccc(OC)cc2)[nH]n1. The van der Waals surface area contributed by atoms with Gasteiger partial charge in [-0.15, -0.1) is 0 Å². The van der Waals surface area contributed by atoms with Crippen LogP contribution >= 0.6 is 0 Å². The van der Waals surface area contributed by atoms with Gasteiger partial charge < -0.3 is 24.1 Å². The first-order valence-electron chi connectivity index (χ1n) is 8.37. The van der Waals surface area contributed by atoms with Crippen molar-refractivity contribution >= 4 is 5.97 Å². The van der Waals surface area contributed by atoms with Crippen LogP contribution in [0, 0.1) is 0 Å². The number of hydrogen-bond donors (Lipinski definition) is 2. The number of hydrogen-bond acceptors (Lipinski definition) is 7. The zero-order valence-electron chi connectivity index (χ0n) is 14.9. The number of nitrogens with zero attached hydrogens (tertiary/aromatic N) is 1. The first-order valence-corrected chi connectivity index (χ1v) is 8.37. The number of benzene rings is 1. The molecule has 8 nitrogen and oxygen atoms in total. The zero-order chi connectivity index (χ0) is 18.8. The third kappa shape index (κ3) is 6.05. The van der Waals surface area contributed by atoms with Crippen LogP contribution in [0.3, 0.4) is 0 Å². The van der Waals surface area contributed by atoms with Gasteiger partial charge in [0.25, 0.3) is 0 Å². The molecule has 0 saturated carbocycles. The van der Waals surface area contributed by atoms with Gasteiger partial charge in [0.2, 0.25) is 5.88 Å². The Morgan fingerprint density at radius 1 is 1.31 bits per heavy atom. The molecule has 0 amide bonds. The smallest absolute Gasteiger partial charge is 0.358 e. The summed E-state index contributed by atoms with van der Waals surface area (Å²) in [6.07, 6.45) is 0.117. The number of aliphatic hydroxyl groups is 1. The molecule has 142 valence electrons. The van der Waals surface area contributed by atoms with E-state index in [2.05, 4.69) is 10.2 Å². The number of carbonyl (C=O) groups is 1. The number of carbonyl (C=O) groups excluding carboxylic acids is 1. The average Bonchev–Trinajstić information content (AvgIpc) is 3.14. The summed E-state index contributed by atoms with van der Waals surface area (Å²) in [5.41, 5.74) is 1.14. The summed E-state index contributed by atoms with van der Waals surface area (Å²) in [4.78, 5) is 11.6. The van der Waals surface area contributed by atoms with E-state index in [4.69, 9.17) is 18.9 Å². The third-order valence-electron chi connectivity index (χ3n) is 3.56. The molecule has 1 atom stereocenters. The number of methoxy groups -OCH3 is 1. The molecule has 1 aromatic heterocycles. The molecule has 2 rings (SSSR count). The first kappa shape index (κ1) is 19.7. The van der Waals surface area contributed by atoms with E-state index in [0.29, 0.717) is 18.9 Å². The van der Waals surface area contributed by atoms with E-state index >= 15 is 0 Å². The van der Waals surface area contributed by atoms with Gasteiger partial charge >= 0.3 is 5.97 Å². The summed E-state index contributed by atoms with van der Waals surface area (Å²) in [6, 6.07) is 9.01. The number of aliphatic hydroxyl groups excluding tert-OH is 1. The van der Waals surface area contributed by atoms with Crippen molar-refractivity contribution in [1.29, 1.82) is 0 Å². The van der Waals surface area contributed by atoms with Crippen LogP contribution < -0.4 is 9.47 Å². The van der Waals surface area contributed by atoms with E-state index in [0.717, 1.165) is 11.3 Å². The molecule has 0 aliphatic rings. The zero-order valence-corrected chi connectivity index (χ0v) is 14.9. The molecule has 2 aromatic rings. The Kier molecular flexibility index (Phi) is 7.91. The molecule has 26 heavy (non-hydrogen) atoms. The Labute approximate surface area is 152 Å². The number of H-pyrrole nitrogens is 1. The first-order chi connectivity index (χ1) is 12.7. The maximum absolute atomic E-state index is 11.6. The monoisotopic (exact) mass is 364 g/mol. The number of aromatic amines is 1. The van der Waals surface area contributed by atoms with E-state index in [1.807, 2.05) is 24.3 Å². The van der Waals surface area contributed by atoms with Crippen molar-refractivity contribution < 1.29 is 28.8 Å².